The van der Waals surface area contributed by atoms with E-state index in [-0.39, 0.29) is 36.0 Å². The molecule has 2 aliphatic heterocycles. The maximum absolute atomic E-state index is 13.1. The van der Waals surface area contributed by atoms with Crippen LogP contribution in [0, 0.1) is 17.7 Å². The monoisotopic (exact) mass is 411 g/mol. The predicted octanol–water partition coefficient (Wildman–Crippen LogP) is 0.755. The van der Waals surface area contributed by atoms with Crippen molar-refractivity contribution >= 4 is 22.1 Å². The van der Waals surface area contributed by atoms with Crippen LogP contribution in [0.3, 0.4) is 0 Å². The van der Waals surface area contributed by atoms with E-state index in [1.54, 1.807) is 25.3 Å². The molecule has 3 atom stereocenters. The number of hydrazone groups is 1. The van der Waals surface area contributed by atoms with Crippen molar-refractivity contribution < 1.29 is 17.6 Å². The van der Waals surface area contributed by atoms with Crippen molar-refractivity contribution in [3.8, 4) is 0 Å². The van der Waals surface area contributed by atoms with E-state index >= 15 is 0 Å². The van der Waals surface area contributed by atoms with Crippen molar-refractivity contribution in [2.24, 2.45) is 16.9 Å². The van der Waals surface area contributed by atoms with Gasteiger partial charge in [0, 0.05) is 31.8 Å². The van der Waals surface area contributed by atoms with Crippen LogP contribution >= 0.6 is 0 Å². The van der Waals surface area contributed by atoms with Gasteiger partial charge < -0.3 is 0 Å². The van der Waals surface area contributed by atoms with Crippen molar-refractivity contribution in [2.75, 3.05) is 25.4 Å². The maximum Gasteiger partial charge on any atom is 0.244 e. The molecule has 10 heteroatoms. The molecule has 0 aromatic heterocycles. The molecule has 0 saturated carbocycles. The highest BCUT2D eigenvalue weighted by molar-refractivity contribution is 7.89. The van der Waals surface area contributed by atoms with Crippen LogP contribution in [-0.2, 0) is 14.8 Å². The van der Waals surface area contributed by atoms with E-state index in [4.69, 9.17) is 0 Å². The summed E-state index contributed by atoms with van der Waals surface area (Å²) in [4.78, 5) is 12.4. The third kappa shape index (κ3) is 4.93. The molecule has 0 spiro atoms. The minimum atomic E-state index is -3.29. The molecule has 0 aliphatic carbocycles. The average Bonchev–Trinajstić information content (AvgIpc) is 3.17. The summed E-state index contributed by atoms with van der Waals surface area (Å²) >= 11 is 0. The van der Waals surface area contributed by atoms with E-state index in [9.17, 15) is 17.6 Å². The van der Waals surface area contributed by atoms with Gasteiger partial charge in [0.1, 0.15) is 5.82 Å². The van der Waals surface area contributed by atoms with E-state index in [2.05, 4.69) is 21.4 Å². The van der Waals surface area contributed by atoms with Gasteiger partial charge in [0.15, 0.2) is 0 Å². The Balaban J connectivity index is 1.56. The van der Waals surface area contributed by atoms with Crippen molar-refractivity contribution in [1.82, 2.24) is 20.6 Å². The zero-order valence-corrected chi connectivity index (χ0v) is 16.6. The van der Waals surface area contributed by atoms with Gasteiger partial charge in [0.25, 0.3) is 0 Å². The normalized spacial score (nSPS) is 26.6. The molecule has 1 aromatic rings. The van der Waals surface area contributed by atoms with E-state index in [1.165, 1.54) is 16.4 Å². The van der Waals surface area contributed by atoms with Crippen LogP contribution in [0.25, 0.3) is 0 Å². The number of nitrogens with zero attached hydrogens (tertiary/aromatic N) is 2. The largest absolute Gasteiger partial charge is 0.273 e. The first-order chi connectivity index (χ1) is 13.4. The average molecular weight is 412 g/mol. The van der Waals surface area contributed by atoms with Gasteiger partial charge in [-0.2, -0.15) is 5.10 Å². The van der Waals surface area contributed by atoms with Crippen molar-refractivity contribution in [1.29, 1.82) is 0 Å². The summed E-state index contributed by atoms with van der Waals surface area (Å²) in [6.45, 7) is 2.88. The summed E-state index contributed by atoms with van der Waals surface area (Å²) in [6.07, 6.45) is 2.95. The molecular formula is C18H26FN5O3S. The molecule has 3 unspecified atom stereocenters. The quantitative estimate of drug-likeness (QED) is 0.474. The van der Waals surface area contributed by atoms with Crippen molar-refractivity contribution in [3.63, 3.8) is 0 Å². The fourth-order valence-corrected chi connectivity index (χ4v) is 4.71. The zero-order chi connectivity index (χ0) is 20.1. The Kier molecular flexibility index (Phi) is 6.76. The number of carbonyl (C=O) groups excluding carboxylic acids is 1. The number of benzene rings is 1. The van der Waals surface area contributed by atoms with Crippen LogP contribution in [0.4, 0.5) is 4.39 Å². The van der Waals surface area contributed by atoms with Crippen LogP contribution in [0.5, 0.6) is 0 Å². The van der Waals surface area contributed by atoms with Gasteiger partial charge in [0.05, 0.1) is 17.7 Å². The second kappa shape index (κ2) is 9.08. The maximum atomic E-state index is 13.1. The Labute approximate surface area is 164 Å². The van der Waals surface area contributed by atoms with Gasteiger partial charge in [0.2, 0.25) is 15.9 Å². The topological polar surface area (TPSA) is 103 Å². The molecule has 2 fully saturated rings. The number of rotatable bonds is 6. The molecule has 28 heavy (non-hydrogen) atoms. The van der Waals surface area contributed by atoms with Gasteiger partial charge in [-0.3, -0.25) is 10.2 Å². The van der Waals surface area contributed by atoms with Crippen LogP contribution in [-0.4, -0.2) is 50.2 Å². The highest BCUT2D eigenvalue weighted by Crippen LogP contribution is 2.24. The van der Waals surface area contributed by atoms with Crippen molar-refractivity contribution in [2.45, 2.75) is 25.8 Å². The first-order valence-electron chi connectivity index (χ1n) is 9.45. The minimum Gasteiger partial charge on any atom is -0.273 e. The lowest BCUT2D eigenvalue weighted by molar-refractivity contribution is -0.126. The third-order valence-electron chi connectivity index (χ3n) is 5.21. The number of halogens is 1. The van der Waals surface area contributed by atoms with Crippen molar-refractivity contribution in [3.05, 3.63) is 35.6 Å². The smallest absolute Gasteiger partial charge is 0.244 e. The molecule has 2 aliphatic rings. The Morgan fingerprint density at radius 2 is 2.14 bits per heavy atom. The Morgan fingerprint density at radius 1 is 1.39 bits per heavy atom. The van der Waals surface area contributed by atoms with E-state index < -0.39 is 15.9 Å². The molecular weight excluding hydrogens is 385 g/mol. The van der Waals surface area contributed by atoms with E-state index in [0.717, 1.165) is 5.56 Å². The fraction of sp³-hybridized carbons (Fsp3) is 0.556. The lowest BCUT2D eigenvalue weighted by atomic mass is 9.96. The van der Waals surface area contributed by atoms with Gasteiger partial charge in [-0.15, -0.1) is 0 Å². The minimum absolute atomic E-state index is 0.0194. The van der Waals surface area contributed by atoms with Crippen LogP contribution in [0.1, 0.15) is 31.4 Å². The molecule has 1 aromatic carbocycles. The van der Waals surface area contributed by atoms with Gasteiger partial charge >= 0.3 is 0 Å². The standard InChI is InChI=1S/C18H26FN5O3S/c1-2-28(26,27)24-9-3-4-14(12-24)18(25)23-21-11-15-10-20-22-17(15)13-5-7-16(19)8-6-13/h5-8,11,14-15,17,20,22H,2-4,9-10,12H2,1H3,(H,23,25)/b21-11+. The Bertz CT molecular complexity index is 815. The molecule has 2 saturated heterocycles. The van der Waals surface area contributed by atoms with E-state index in [0.29, 0.717) is 25.9 Å². The third-order valence-corrected chi connectivity index (χ3v) is 7.05. The molecule has 1 amide bonds. The number of amides is 1. The Morgan fingerprint density at radius 3 is 2.86 bits per heavy atom. The van der Waals surface area contributed by atoms with E-state index in [1.807, 2.05) is 0 Å². The van der Waals surface area contributed by atoms with Crippen LogP contribution < -0.4 is 16.3 Å². The number of carbonyl (C=O) groups is 1. The number of hydrazine groups is 1. The van der Waals surface area contributed by atoms with Gasteiger partial charge in [-0.1, -0.05) is 12.1 Å². The summed E-state index contributed by atoms with van der Waals surface area (Å²) in [5, 5.41) is 4.08. The number of piperidine rings is 1. The Hall–Kier alpha value is -1.88. The molecule has 8 nitrogen and oxygen atoms in total. The fourth-order valence-electron chi connectivity index (χ4n) is 3.53. The highest BCUT2D eigenvalue weighted by Gasteiger charge is 2.31. The van der Waals surface area contributed by atoms with Crippen LogP contribution in [0.2, 0.25) is 0 Å². The van der Waals surface area contributed by atoms with Gasteiger partial charge in [-0.25, -0.2) is 28.0 Å². The predicted molar refractivity (Wildman–Crippen MR) is 104 cm³/mol. The number of sulfonamides is 1. The molecule has 2 heterocycles. The molecule has 0 radical (unpaired) electrons. The molecule has 154 valence electrons. The summed E-state index contributed by atoms with van der Waals surface area (Å²) in [5.41, 5.74) is 9.63. The van der Waals surface area contributed by atoms with Crippen LogP contribution in [0.15, 0.2) is 29.4 Å². The zero-order valence-electron chi connectivity index (χ0n) is 15.8. The second-order valence-electron chi connectivity index (χ2n) is 7.07. The van der Waals surface area contributed by atoms with Gasteiger partial charge in [-0.05, 0) is 37.5 Å². The summed E-state index contributed by atoms with van der Waals surface area (Å²) < 4.78 is 38.6. The lowest BCUT2D eigenvalue weighted by Gasteiger charge is -2.30. The molecule has 3 rings (SSSR count). The highest BCUT2D eigenvalue weighted by atomic mass is 32.2. The number of nitrogens with one attached hydrogen (secondary N) is 3. The SMILES string of the molecule is CCS(=O)(=O)N1CCCC(C(=O)N/N=C/C2CNNC2c2ccc(F)cc2)C1. The summed E-state index contributed by atoms with van der Waals surface area (Å²) in [7, 11) is -3.29. The molecule has 3 N–H and O–H groups in total. The first-order valence-corrected chi connectivity index (χ1v) is 11.1. The summed E-state index contributed by atoms with van der Waals surface area (Å²) in [6, 6.07) is 6.16. The lowest BCUT2D eigenvalue weighted by Crippen LogP contribution is -2.45. The first kappa shape index (κ1) is 20.8. The second-order valence-corrected chi connectivity index (χ2v) is 9.33. The molecule has 0 bridgehead atoms. The number of hydrogen-bond donors (Lipinski definition) is 3. The number of hydrogen-bond acceptors (Lipinski definition) is 6. The summed E-state index contributed by atoms with van der Waals surface area (Å²) in [5.74, 6) is -0.955.